The molecule has 22 heavy (non-hydrogen) atoms. The standard InChI is InChI=1S/C16H13Cl2N3O/c17-13-4-1-11(2-5-13)9-12-3-6-14(10-15(12)18)21-16(22)19-7-8-20-21/h1-6,8,10H,7,9H2,(H,19,22). The number of hydrogen-bond acceptors (Lipinski definition) is 2. The lowest BCUT2D eigenvalue weighted by atomic mass is 10.0. The highest BCUT2D eigenvalue weighted by atomic mass is 35.5. The summed E-state index contributed by atoms with van der Waals surface area (Å²) in [4.78, 5) is 11.8. The maximum atomic E-state index is 11.8. The lowest BCUT2D eigenvalue weighted by Gasteiger charge is -2.21. The van der Waals surface area contributed by atoms with E-state index in [1.54, 1.807) is 12.3 Å². The Bertz CT molecular complexity index is 729. The summed E-state index contributed by atoms with van der Waals surface area (Å²) in [5.74, 6) is 0. The van der Waals surface area contributed by atoms with Crippen molar-refractivity contribution in [1.82, 2.24) is 5.32 Å². The van der Waals surface area contributed by atoms with Crippen molar-refractivity contribution in [2.45, 2.75) is 6.42 Å². The average Bonchev–Trinajstić information content (AvgIpc) is 2.52. The van der Waals surface area contributed by atoms with Crippen LogP contribution >= 0.6 is 23.2 Å². The lowest BCUT2D eigenvalue weighted by molar-refractivity contribution is 0.247. The molecule has 0 saturated heterocycles. The highest BCUT2D eigenvalue weighted by molar-refractivity contribution is 6.31. The molecule has 0 spiro atoms. The second-order valence-electron chi connectivity index (χ2n) is 4.87. The van der Waals surface area contributed by atoms with E-state index in [4.69, 9.17) is 23.2 Å². The first-order valence-electron chi connectivity index (χ1n) is 6.77. The molecule has 0 saturated carbocycles. The third kappa shape index (κ3) is 3.24. The number of halogens is 2. The summed E-state index contributed by atoms with van der Waals surface area (Å²) in [6.45, 7) is 0.442. The molecule has 1 N–H and O–H groups in total. The first-order valence-corrected chi connectivity index (χ1v) is 7.52. The summed E-state index contributed by atoms with van der Waals surface area (Å²) < 4.78 is 0. The quantitative estimate of drug-likeness (QED) is 0.902. The van der Waals surface area contributed by atoms with Crippen LogP contribution in [0, 0.1) is 0 Å². The molecule has 0 aliphatic carbocycles. The van der Waals surface area contributed by atoms with Gasteiger partial charge in [-0.2, -0.15) is 10.1 Å². The second-order valence-corrected chi connectivity index (χ2v) is 5.72. The molecular weight excluding hydrogens is 321 g/mol. The fourth-order valence-corrected chi connectivity index (χ4v) is 2.57. The molecule has 0 radical (unpaired) electrons. The number of carbonyl (C=O) groups excluding carboxylic acids is 1. The van der Waals surface area contributed by atoms with Crippen molar-refractivity contribution in [2.75, 3.05) is 11.6 Å². The van der Waals surface area contributed by atoms with Gasteiger partial charge in [0.15, 0.2) is 0 Å². The second kappa shape index (κ2) is 6.38. The molecule has 0 unspecified atom stereocenters. The average molecular weight is 334 g/mol. The maximum Gasteiger partial charge on any atom is 0.342 e. The van der Waals surface area contributed by atoms with E-state index in [2.05, 4.69) is 10.4 Å². The molecule has 2 aromatic rings. The Morgan fingerprint density at radius 2 is 1.91 bits per heavy atom. The van der Waals surface area contributed by atoms with E-state index in [0.29, 0.717) is 28.7 Å². The highest BCUT2D eigenvalue weighted by Gasteiger charge is 2.17. The normalized spacial score (nSPS) is 14.1. The topological polar surface area (TPSA) is 44.7 Å². The van der Waals surface area contributed by atoms with Crippen molar-refractivity contribution in [2.24, 2.45) is 5.10 Å². The Balaban J connectivity index is 1.83. The lowest BCUT2D eigenvalue weighted by Crippen LogP contribution is -2.41. The molecule has 4 nitrogen and oxygen atoms in total. The molecule has 2 aromatic carbocycles. The van der Waals surface area contributed by atoms with Crippen LogP contribution in [0.25, 0.3) is 0 Å². The number of urea groups is 1. The van der Waals surface area contributed by atoms with E-state index in [0.717, 1.165) is 11.1 Å². The number of rotatable bonds is 3. The number of anilines is 1. The van der Waals surface area contributed by atoms with Crippen LogP contribution in [0.1, 0.15) is 11.1 Å². The van der Waals surface area contributed by atoms with Crippen LogP contribution in [0.2, 0.25) is 10.0 Å². The summed E-state index contributed by atoms with van der Waals surface area (Å²) in [5, 5.41) is 9.36. The van der Waals surface area contributed by atoms with Crippen LogP contribution in [0.4, 0.5) is 10.5 Å². The zero-order chi connectivity index (χ0) is 15.5. The van der Waals surface area contributed by atoms with Gasteiger partial charge in [0.25, 0.3) is 0 Å². The van der Waals surface area contributed by atoms with Crippen LogP contribution in [0.5, 0.6) is 0 Å². The number of carbonyl (C=O) groups is 1. The number of nitrogens with zero attached hydrogens (tertiary/aromatic N) is 2. The SMILES string of the molecule is O=C1NCC=NN1c1ccc(Cc2ccc(Cl)cc2)c(Cl)c1. The van der Waals surface area contributed by atoms with Gasteiger partial charge in [0, 0.05) is 16.3 Å². The first-order chi connectivity index (χ1) is 10.6. The Morgan fingerprint density at radius 3 is 2.59 bits per heavy atom. The minimum absolute atomic E-state index is 0.260. The number of benzene rings is 2. The van der Waals surface area contributed by atoms with Crippen molar-refractivity contribution in [3.05, 3.63) is 63.6 Å². The smallest absolute Gasteiger partial charge is 0.331 e. The van der Waals surface area contributed by atoms with Crippen LogP contribution in [-0.2, 0) is 6.42 Å². The van der Waals surface area contributed by atoms with Crippen LogP contribution in [0.3, 0.4) is 0 Å². The van der Waals surface area contributed by atoms with Gasteiger partial charge in [0.05, 0.1) is 12.2 Å². The molecule has 1 aliphatic heterocycles. The molecule has 6 heteroatoms. The van der Waals surface area contributed by atoms with Gasteiger partial charge in [-0.15, -0.1) is 0 Å². The van der Waals surface area contributed by atoms with Crippen molar-refractivity contribution < 1.29 is 4.79 Å². The van der Waals surface area contributed by atoms with Gasteiger partial charge in [-0.3, -0.25) is 0 Å². The molecule has 1 aliphatic rings. The van der Waals surface area contributed by atoms with Crippen LogP contribution < -0.4 is 10.3 Å². The summed E-state index contributed by atoms with van der Waals surface area (Å²) in [5.41, 5.74) is 2.74. The van der Waals surface area contributed by atoms with Gasteiger partial charge in [-0.1, -0.05) is 41.4 Å². The van der Waals surface area contributed by atoms with Gasteiger partial charge in [-0.05, 0) is 41.8 Å². The van der Waals surface area contributed by atoms with E-state index < -0.39 is 0 Å². The van der Waals surface area contributed by atoms with Gasteiger partial charge in [-0.25, -0.2) is 4.79 Å². The monoisotopic (exact) mass is 333 g/mol. The molecule has 0 aromatic heterocycles. The Labute approximate surface area is 138 Å². The predicted octanol–water partition coefficient (Wildman–Crippen LogP) is 4.10. The zero-order valence-electron chi connectivity index (χ0n) is 11.6. The fourth-order valence-electron chi connectivity index (χ4n) is 2.20. The molecule has 112 valence electrons. The van der Waals surface area contributed by atoms with Crippen LogP contribution in [0.15, 0.2) is 47.6 Å². The van der Waals surface area contributed by atoms with Crippen molar-refractivity contribution in [3.63, 3.8) is 0 Å². The van der Waals surface area contributed by atoms with Crippen molar-refractivity contribution >= 4 is 41.1 Å². The molecule has 3 rings (SSSR count). The summed E-state index contributed by atoms with van der Waals surface area (Å²) >= 11 is 12.2. The summed E-state index contributed by atoms with van der Waals surface area (Å²) in [6, 6.07) is 12.9. The highest BCUT2D eigenvalue weighted by Crippen LogP contribution is 2.26. The molecular formula is C16H13Cl2N3O. The van der Waals surface area contributed by atoms with E-state index in [-0.39, 0.29) is 6.03 Å². The largest absolute Gasteiger partial charge is 0.342 e. The number of hydrogen-bond donors (Lipinski definition) is 1. The van der Waals surface area contributed by atoms with E-state index in [1.807, 2.05) is 36.4 Å². The Morgan fingerprint density at radius 1 is 1.14 bits per heavy atom. The molecule has 1 heterocycles. The Kier molecular flexibility index (Phi) is 4.32. The number of nitrogens with one attached hydrogen (secondary N) is 1. The molecule has 0 bridgehead atoms. The van der Waals surface area contributed by atoms with Gasteiger partial charge < -0.3 is 5.32 Å². The van der Waals surface area contributed by atoms with Crippen LogP contribution in [-0.4, -0.2) is 18.8 Å². The third-order valence-corrected chi connectivity index (χ3v) is 3.93. The maximum absolute atomic E-state index is 11.8. The van der Waals surface area contributed by atoms with E-state index in [9.17, 15) is 4.79 Å². The fraction of sp³-hybridized carbons (Fsp3) is 0.125. The minimum Gasteiger partial charge on any atom is -0.331 e. The summed E-state index contributed by atoms with van der Waals surface area (Å²) in [7, 11) is 0. The van der Waals surface area contributed by atoms with Gasteiger partial charge in [0.1, 0.15) is 0 Å². The van der Waals surface area contributed by atoms with Crippen molar-refractivity contribution in [3.8, 4) is 0 Å². The summed E-state index contributed by atoms with van der Waals surface area (Å²) in [6.07, 6.45) is 2.34. The molecule has 0 fully saturated rings. The zero-order valence-corrected chi connectivity index (χ0v) is 13.1. The number of amides is 2. The van der Waals surface area contributed by atoms with E-state index in [1.165, 1.54) is 5.01 Å². The minimum atomic E-state index is -0.260. The molecule has 2 amide bonds. The van der Waals surface area contributed by atoms with Crippen molar-refractivity contribution in [1.29, 1.82) is 0 Å². The number of hydrazone groups is 1. The van der Waals surface area contributed by atoms with E-state index >= 15 is 0 Å². The predicted molar refractivity (Wildman–Crippen MR) is 90.1 cm³/mol. The molecule has 0 atom stereocenters. The first kappa shape index (κ1) is 14.9. The van der Waals surface area contributed by atoms with Gasteiger partial charge >= 0.3 is 6.03 Å². The Hall–Kier alpha value is -2.04. The third-order valence-electron chi connectivity index (χ3n) is 3.32. The van der Waals surface area contributed by atoms with Gasteiger partial charge in [0.2, 0.25) is 0 Å².